The molecule has 2 aromatic heterocycles. The van der Waals surface area contributed by atoms with Crippen molar-refractivity contribution in [1.29, 1.82) is 0 Å². The lowest BCUT2D eigenvalue weighted by Gasteiger charge is -2.35. The third kappa shape index (κ3) is 5.65. The number of hydrogen-bond donors (Lipinski definition) is 2. The third-order valence-electron chi connectivity index (χ3n) is 5.41. The number of hydrogen-bond acceptors (Lipinski definition) is 8. The molecule has 0 aliphatic carbocycles. The second kappa shape index (κ2) is 10.1. The van der Waals surface area contributed by atoms with Gasteiger partial charge in [-0.25, -0.2) is 24.7 Å². The Morgan fingerprint density at radius 1 is 1.09 bits per heavy atom. The number of nitrogens with zero attached hydrogens (tertiary/aromatic N) is 6. The highest BCUT2D eigenvalue weighted by Crippen LogP contribution is 2.25. The van der Waals surface area contributed by atoms with Crippen LogP contribution in [0.5, 0.6) is 5.88 Å². The van der Waals surface area contributed by atoms with Gasteiger partial charge >= 0.3 is 6.03 Å². The summed E-state index contributed by atoms with van der Waals surface area (Å²) in [5.41, 5.74) is 8.29. The van der Waals surface area contributed by atoms with Gasteiger partial charge in [0.05, 0.1) is 5.69 Å². The number of nitrogens with two attached hydrogens (primary N) is 1. The topological polar surface area (TPSA) is 122 Å². The summed E-state index contributed by atoms with van der Waals surface area (Å²) < 4.78 is 5.86. The number of urea groups is 1. The Morgan fingerprint density at radius 2 is 1.88 bits per heavy atom. The van der Waals surface area contributed by atoms with Crippen LogP contribution in [0.4, 0.5) is 22.2 Å². The number of anilines is 3. The number of benzene rings is 1. The van der Waals surface area contributed by atoms with Gasteiger partial charge in [0.25, 0.3) is 5.88 Å². The largest absolute Gasteiger partial charge is 0.469 e. The Balaban J connectivity index is 1.35. The highest BCUT2D eigenvalue weighted by atomic mass is 16.5. The SMILES string of the molecule is CC(C)c1cccc(NC(=O)N2CCN(c3nccnc3OCc3ccnc(N)n3)CC2)c1. The lowest BCUT2D eigenvalue weighted by atomic mass is 10.0. The molecule has 3 N–H and O–H groups in total. The minimum atomic E-state index is -0.104. The maximum absolute atomic E-state index is 12.8. The first-order valence-electron chi connectivity index (χ1n) is 10.9. The summed E-state index contributed by atoms with van der Waals surface area (Å²) in [5, 5.41) is 3.01. The van der Waals surface area contributed by atoms with Gasteiger partial charge < -0.3 is 25.6 Å². The fraction of sp³-hybridized carbons (Fsp3) is 0.348. The lowest BCUT2D eigenvalue weighted by molar-refractivity contribution is 0.207. The fourth-order valence-corrected chi connectivity index (χ4v) is 3.57. The van der Waals surface area contributed by atoms with Gasteiger partial charge in [-0.15, -0.1) is 0 Å². The molecule has 172 valence electrons. The van der Waals surface area contributed by atoms with Crippen molar-refractivity contribution in [2.45, 2.75) is 26.4 Å². The van der Waals surface area contributed by atoms with Gasteiger partial charge in [0.15, 0.2) is 5.82 Å². The molecule has 0 unspecified atom stereocenters. The molecular formula is C23H28N8O2. The van der Waals surface area contributed by atoms with Crippen molar-refractivity contribution in [3.8, 4) is 5.88 Å². The number of aromatic nitrogens is 4. The van der Waals surface area contributed by atoms with Crippen molar-refractivity contribution in [2.24, 2.45) is 0 Å². The molecule has 2 amide bonds. The molecule has 1 fully saturated rings. The summed E-state index contributed by atoms with van der Waals surface area (Å²) in [6, 6.07) is 9.60. The Morgan fingerprint density at radius 3 is 2.64 bits per heavy atom. The molecule has 3 heterocycles. The zero-order valence-electron chi connectivity index (χ0n) is 18.8. The lowest BCUT2D eigenvalue weighted by Crippen LogP contribution is -2.50. The van der Waals surface area contributed by atoms with Crippen LogP contribution in [0.25, 0.3) is 0 Å². The second-order valence-electron chi connectivity index (χ2n) is 8.06. The summed E-state index contributed by atoms with van der Waals surface area (Å²) in [7, 11) is 0. The monoisotopic (exact) mass is 448 g/mol. The molecule has 1 aliphatic rings. The van der Waals surface area contributed by atoms with E-state index in [1.54, 1.807) is 29.6 Å². The molecule has 0 atom stereocenters. The van der Waals surface area contributed by atoms with Gasteiger partial charge in [-0.1, -0.05) is 26.0 Å². The van der Waals surface area contributed by atoms with E-state index in [-0.39, 0.29) is 18.6 Å². The molecular weight excluding hydrogens is 420 g/mol. The number of nitrogen functional groups attached to an aromatic ring is 1. The number of piperazine rings is 1. The smallest absolute Gasteiger partial charge is 0.321 e. The quantitative estimate of drug-likeness (QED) is 0.590. The molecule has 1 aromatic carbocycles. The maximum atomic E-state index is 12.8. The number of carbonyl (C=O) groups is 1. The summed E-state index contributed by atoms with van der Waals surface area (Å²) >= 11 is 0. The standard InChI is InChI=1S/C23H28N8O2/c1-16(2)17-4-3-5-18(14-17)29-23(32)31-12-10-30(11-13-31)20-21(26-9-8-25-20)33-15-19-6-7-27-22(24)28-19/h3-9,14,16H,10-13,15H2,1-2H3,(H,29,32)(H2,24,27,28). The fourth-order valence-electron chi connectivity index (χ4n) is 3.57. The van der Waals surface area contributed by atoms with Crippen LogP contribution in [0, 0.1) is 0 Å². The first-order valence-corrected chi connectivity index (χ1v) is 10.9. The van der Waals surface area contributed by atoms with E-state index in [2.05, 4.69) is 50.1 Å². The van der Waals surface area contributed by atoms with E-state index in [0.29, 0.717) is 49.5 Å². The van der Waals surface area contributed by atoms with Gasteiger partial charge in [-0.2, -0.15) is 0 Å². The maximum Gasteiger partial charge on any atom is 0.321 e. The number of amides is 2. The van der Waals surface area contributed by atoms with Gasteiger partial charge in [-0.3, -0.25) is 0 Å². The summed E-state index contributed by atoms with van der Waals surface area (Å²) in [5.74, 6) is 1.66. The molecule has 33 heavy (non-hydrogen) atoms. The molecule has 4 rings (SSSR count). The van der Waals surface area contributed by atoms with Crippen LogP contribution in [-0.4, -0.2) is 57.0 Å². The van der Waals surface area contributed by atoms with Crippen molar-refractivity contribution in [3.05, 3.63) is 60.2 Å². The minimum absolute atomic E-state index is 0.104. The summed E-state index contributed by atoms with van der Waals surface area (Å²) in [6.07, 6.45) is 4.80. The van der Waals surface area contributed by atoms with Crippen molar-refractivity contribution in [2.75, 3.05) is 42.1 Å². The van der Waals surface area contributed by atoms with Crippen LogP contribution < -0.4 is 20.7 Å². The van der Waals surface area contributed by atoms with Gasteiger partial charge in [0, 0.05) is 50.5 Å². The number of ether oxygens (including phenoxy) is 1. The van der Waals surface area contributed by atoms with E-state index in [1.165, 1.54) is 5.56 Å². The Hall–Kier alpha value is -3.95. The molecule has 0 saturated carbocycles. The van der Waals surface area contributed by atoms with Crippen molar-refractivity contribution < 1.29 is 9.53 Å². The normalized spacial score (nSPS) is 13.8. The highest BCUT2D eigenvalue weighted by Gasteiger charge is 2.24. The molecule has 0 bridgehead atoms. The number of nitrogens with one attached hydrogen (secondary N) is 1. The highest BCUT2D eigenvalue weighted by molar-refractivity contribution is 5.89. The average Bonchev–Trinajstić information content (AvgIpc) is 2.83. The van der Waals surface area contributed by atoms with E-state index in [1.807, 2.05) is 18.2 Å². The second-order valence-corrected chi connectivity index (χ2v) is 8.06. The number of carbonyl (C=O) groups excluding carboxylic acids is 1. The first kappa shape index (κ1) is 22.3. The zero-order valence-corrected chi connectivity index (χ0v) is 18.8. The predicted molar refractivity (Wildman–Crippen MR) is 126 cm³/mol. The summed E-state index contributed by atoms with van der Waals surface area (Å²) in [4.78, 5) is 33.4. The van der Waals surface area contributed by atoms with E-state index in [9.17, 15) is 4.79 Å². The van der Waals surface area contributed by atoms with Gasteiger partial charge in [0.1, 0.15) is 6.61 Å². The third-order valence-corrected chi connectivity index (χ3v) is 5.41. The van der Waals surface area contributed by atoms with E-state index in [0.717, 1.165) is 5.69 Å². The molecule has 10 nitrogen and oxygen atoms in total. The van der Waals surface area contributed by atoms with E-state index >= 15 is 0 Å². The van der Waals surface area contributed by atoms with Gasteiger partial charge in [0.2, 0.25) is 5.95 Å². The van der Waals surface area contributed by atoms with Crippen LogP contribution >= 0.6 is 0 Å². The van der Waals surface area contributed by atoms with Crippen molar-refractivity contribution >= 4 is 23.5 Å². The first-order chi connectivity index (χ1) is 16.0. The molecule has 0 spiro atoms. The van der Waals surface area contributed by atoms with Gasteiger partial charge in [-0.05, 0) is 29.7 Å². The zero-order chi connectivity index (χ0) is 23.2. The Kier molecular flexibility index (Phi) is 6.82. The van der Waals surface area contributed by atoms with Crippen LogP contribution in [0.2, 0.25) is 0 Å². The molecule has 0 radical (unpaired) electrons. The molecule has 1 saturated heterocycles. The Labute approximate surface area is 192 Å². The average molecular weight is 449 g/mol. The molecule has 10 heteroatoms. The van der Waals surface area contributed by atoms with E-state index in [4.69, 9.17) is 10.5 Å². The van der Waals surface area contributed by atoms with Crippen molar-refractivity contribution in [1.82, 2.24) is 24.8 Å². The van der Waals surface area contributed by atoms with E-state index < -0.39 is 0 Å². The summed E-state index contributed by atoms with van der Waals surface area (Å²) in [6.45, 7) is 6.84. The molecule has 1 aliphatic heterocycles. The predicted octanol–water partition coefficient (Wildman–Crippen LogP) is 2.91. The van der Waals surface area contributed by atoms with Crippen molar-refractivity contribution in [3.63, 3.8) is 0 Å². The minimum Gasteiger partial charge on any atom is -0.469 e. The van der Waals surface area contributed by atoms with Crippen LogP contribution in [0.3, 0.4) is 0 Å². The van der Waals surface area contributed by atoms with Crippen LogP contribution in [0.1, 0.15) is 31.0 Å². The Bertz CT molecular complexity index is 1100. The molecule has 3 aromatic rings. The number of rotatable bonds is 6. The van der Waals surface area contributed by atoms with Crippen LogP contribution in [-0.2, 0) is 6.61 Å². The van der Waals surface area contributed by atoms with Crippen LogP contribution in [0.15, 0.2) is 48.9 Å².